The monoisotopic (exact) mass is 524 g/mol. The predicted molar refractivity (Wildman–Crippen MR) is 128 cm³/mol. The van der Waals surface area contributed by atoms with Gasteiger partial charge < -0.3 is 10.1 Å². The summed E-state index contributed by atoms with van der Waals surface area (Å²) >= 11 is 7.01. The molecule has 0 radical (unpaired) electrons. The lowest BCUT2D eigenvalue weighted by Crippen LogP contribution is -2.13. The van der Waals surface area contributed by atoms with Crippen LogP contribution in [0.2, 0.25) is 0 Å². The summed E-state index contributed by atoms with van der Waals surface area (Å²) in [7, 11) is 1.61. The molecular weight excluding hydrogens is 508 g/mol. The Morgan fingerprint density at radius 3 is 2.30 bits per heavy atom. The fourth-order valence-electron chi connectivity index (χ4n) is 3.29. The maximum atomic E-state index is 13.2. The molecule has 1 heterocycles. The minimum absolute atomic E-state index is 0.191. The van der Waals surface area contributed by atoms with Crippen LogP contribution in [0.5, 0.6) is 5.75 Å². The van der Waals surface area contributed by atoms with Gasteiger partial charge in [-0.3, -0.25) is 4.79 Å². The average Bonchev–Trinajstić information content (AvgIpc) is 2.74. The van der Waals surface area contributed by atoms with Crippen LogP contribution in [0.25, 0.3) is 22.2 Å². The van der Waals surface area contributed by atoms with Crippen molar-refractivity contribution in [1.82, 2.24) is 4.98 Å². The molecule has 0 aliphatic carbocycles. The normalized spacial score (nSPS) is 10.8. The molecule has 1 aromatic heterocycles. The van der Waals surface area contributed by atoms with E-state index in [1.807, 2.05) is 73.7 Å². The molecule has 1 N–H and O–H groups in total. The summed E-state index contributed by atoms with van der Waals surface area (Å²) in [4.78, 5) is 18.1. The summed E-state index contributed by atoms with van der Waals surface area (Å²) in [5.41, 5.74) is 4.76. The summed E-state index contributed by atoms with van der Waals surface area (Å²) in [6.07, 6.45) is 0. The Bertz CT molecular complexity index is 1240. The number of carbonyl (C=O) groups is 1. The molecule has 4 aromatic rings. The zero-order chi connectivity index (χ0) is 21.3. The van der Waals surface area contributed by atoms with Crippen LogP contribution >= 0.6 is 31.9 Å². The number of carbonyl (C=O) groups excluding carboxylic acids is 1. The highest BCUT2D eigenvalue weighted by Crippen LogP contribution is 2.30. The Balaban J connectivity index is 1.83. The zero-order valence-electron chi connectivity index (χ0n) is 16.4. The molecule has 3 aromatic carbocycles. The maximum Gasteiger partial charge on any atom is 0.256 e. The predicted octanol–water partition coefficient (Wildman–Crippen LogP) is 7.00. The topological polar surface area (TPSA) is 51.2 Å². The Morgan fingerprint density at radius 1 is 0.933 bits per heavy atom. The van der Waals surface area contributed by atoms with Gasteiger partial charge in [0.25, 0.3) is 5.91 Å². The first-order valence-electron chi connectivity index (χ1n) is 9.27. The van der Waals surface area contributed by atoms with Crippen LogP contribution in [0.4, 0.5) is 5.69 Å². The number of nitrogens with one attached hydrogen (secondary N) is 1. The molecule has 0 atom stereocenters. The SMILES string of the molecule is COc1ccc(NC(=O)c2cc(-c3ccc(Br)cc3)nc3c(C)cc(Br)cc23)cc1. The minimum Gasteiger partial charge on any atom is -0.497 e. The molecule has 6 heteroatoms. The molecule has 0 aliphatic heterocycles. The number of fused-ring (bicyclic) bond motifs is 1. The number of halogens is 2. The van der Waals surface area contributed by atoms with Crippen molar-refractivity contribution in [3.8, 4) is 17.0 Å². The number of amides is 1. The van der Waals surface area contributed by atoms with E-state index in [1.54, 1.807) is 7.11 Å². The van der Waals surface area contributed by atoms with Gasteiger partial charge in [0.05, 0.1) is 23.9 Å². The van der Waals surface area contributed by atoms with Gasteiger partial charge in [-0.2, -0.15) is 0 Å². The second-order valence-corrected chi connectivity index (χ2v) is 8.69. The van der Waals surface area contributed by atoms with Gasteiger partial charge in [-0.1, -0.05) is 44.0 Å². The van der Waals surface area contributed by atoms with Gasteiger partial charge in [0, 0.05) is 25.6 Å². The van der Waals surface area contributed by atoms with Crippen molar-refractivity contribution < 1.29 is 9.53 Å². The van der Waals surface area contributed by atoms with Crippen LogP contribution in [-0.4, -0.2) is 18.0 Å². The van der Waals surface area contributed by atoms with Crippen molar-refractivity contribution in [3.63, 3.8) is 0 Å². The summed E-state index contributed by atoms with van der Waals surface area (Å²) < 4.78 is 7.08. The number of aryl methyl sites for hydroxylation is 1. The number of hydrogen-bond acceptors (Lipinski definition) is 3. The number of benzene rings is 3. The third kappa shape index (κ3) is 4.25. The quantitative estimate of drug-likeness (QED) is 0.312. The molecule has 0 saturated carbocycles. The van der Waals surface area contributed by atoms with E-state index >= 15 is 0 Å². The number of pyridine rings is 1. The highest BCUT2D eigenvalue weighted by atomic mass is 79.9. The first-order chi connectivity index (χ1) is 14.4. The molecule has 1 amide bonds. The number of ether oxygens (including phenoxy) is 1. The number of rotatable bonds is 4. The fourth-order valence-corrected chi connectivity index (χ4v) is 4.12. The number of hydrogen-bond donors (Lipinski definition) is 1. The van der Waals surface area contributed by atoms with Crippen LogP contribution in [0.3, 0.4) is 0 Å². The standard InChI is InChI=1S/C24H18Br2N2O2/c1-14-11-17(26)12-20-21(24(29)27-18-7-9-19(30-2)10-8-18)13-22(28-23(14)20)15-3-5-16(25)6-4-15/h3-13H,1-2H3,(H,27,29). The molecule has 0 aliphatic rings. The van der Waals surface area contributed by atoms with E-state index in [-0.39, 0.29) is 5.91 Å². The van der Waals surface area contributed by atoms with E-state index in [1.165, 1.54) is 0 Å². The fraction of sp³-hybridized carbons (Fsp3) is 0.0833. The van der Waals surface area contributed by atoms with Gasteiger partial charge in [0.1, 0.15) is 5.75 Å². The molecule has 4 rings (SSSR count). The molecule has 0 bridgehead atoms. The van der Waals surface area contributed by atoms with E-state index in [0.717, 1.165) is 42.4 Å². The Kier molecular flexibility index (Phi) is 5.88. The molecule has 0 spiro atoms. The third-order valence-electron chi connectivity index (χ3n) is 4.80. The molecule has 0 unspecified atom stereocenters. The lowest BCUT2D eigenvalue weighted by molar-refractivity contribution is 0.102. The zero-order valence-corrected chi connectivity index (χ0v) is 19.5. The van der Waals surface area contributed by atoms with Crippen molar-refractivity contribution in [2.45, 2.75) is 6.92 Å². The van der Waals surface area contributed by atoms with Crippen LogP contribution in [0.15, 0.2) is 75.7 Å². The summed E-state index contributed by atoms with van der Waals surface area (Å²) in [6, 6.07) is 20.9. The lowest BCUT2D eigenvalue weighted by Gasteiger charge is -2.13. The van der Waals surface area contributed by atoms with Crippen molar-refractivity contribution in [3.05, 3.63) is 86.8 Å². The second-order valence-electron chi connectivity index (χ2n) is 6.86. The van der Waals surface area contributed by atoms with Gasteiger partial charge in [0.2, 0.25) is 0 Å². The van der Waals surface area contributed by atoms with Crippen molar-refractivity contribution in [2.75, 3.05) is 12.4 Å². The van der Waals surface area contributed by atoms with Gasteiger partial charge >= 0.3 is 0 Å². The summed E-state index contributed by atoms with van der Waals surface area (Å²) in [5, 5.41) is 3.78. The first kappa shape index (κ1) is 20.6. The Hall–Kier alpha value is -2.70. The molecule has 150 valence electrons. The van der Waals surface area contributed by atoms with Crippen LogP contribution in [0.1, 0.15) is 15.9 Å². The van der Waals surface area contributed by atoms with Crippen molar-refractivity contribution in [2.24, 2.45) is 0 Å². The molecule has 0 fully saturated rings. The molecule has 4 nitrogen and oxygen atoms in total. The summed E-state index contributed by atoms with van der Waals surface area (Å²) in [5.74, 6) is 0.544. The van der Waals surface area contributed by atoms with E-state index in [2.05, 4.69) is 37.2 Å². The second kappa shape index (κ2) is 8.58. The van der Waals surface area contributed by atoms with E-state index in [4.69, 9.17) is 9.72 Å². The Labute approximate surface area is 191 Å². The number of methoxy groups -OCH3 is 1. The minimum atomic E-state index is -0.191. The van der Waals surface area contributed by atoms with E-state index in [0.29, 0.717) is 11.3 Å². The molecule has 30 heavy (non-hydrogen) atoms. The smallest absolute Gasteiger partial charge is 0.256 e. The molecular formula is C24H18Br2N2O2. The average molecular weight is 526 g/mol. The maximum absolute atomic E-state index is 13.2. The Morgan fingerprint density at radius 2 is 1.63 bits per heavy atom. The van der Waals surface area contributed by atoms with E-state index in [9.17, 15) is 4.79 Å². The van der Waals surface area contributed by atoms with Gasteiger partial charge in [0.15, 0.2) is 0 Å². The highest BCUT2D eigenvalue weighted by Gasteiger charge is 2.16. The van der Waals surface area contributed by atoms with Crippen LogP contribution < -0.4 is 10.1 Å². The van der Waals surface area contributed by atoms with E-state index < -0.39 is 0 Å². The largest absolute Gasteiger partial charge is 0.497 e. The lowest BCUT2D eigenvalue weighted by atomic mass is 10.0. The summed E-state index contributed by atoms with van der Waals surface area (Å²) in [6.45, 7) is 2.00. The highest BCUT2D eigenvalue weighted by molar-refractivity contribution is 9.10. The number of anilines is 1. The van der Waals surface area contributed by atoms with Crippen molar-refractivity contribution >= 4 is 54.4 Å². The number of nitrogens with zero attached hydrogens (tertiary/aromatic N) is 1. The van der Waals surface area contributed by atoms with Crippen LogP contribution in [-0.2, 0) is 0 Å². The molecule has 0 saturated heterocycles. The van der Waals surface area contributed by atoms with Gasteiger partial charge in [-0.05, 0) is 67.1 Å². The third-order valence-corrected chi connectivity index (χ3v) is 5.79. The van der Waals surface area contributed by atoms with Gasteiger partial charge in [-0.25, -0.2) is 4.98 Å². The van der Waals surface area contributed by atoms with Gasteiger partial charge in [-0.15, -0.1) is 0 Å². The number of aromatic nitrogens is 1. The van der Waals surface area contributed by atoms with Crippen LogP contribution in [0, 0.1) is 6.92 Å². The first-order valence-corrected chi connectivity index (χ1v) is 10.9. The van der Waals surface area contributed by atoms with Crippen molar-refractivity contribution in [1.29, 1.82) is 0 Å².